The summed E-state index contributed by atoms with van der Waals surface area (Å²) in [5.41, 5.74) is -1.42. The summed E-state index contributed by atoms with van der Waals surface area (Å²) in [6.45, 7) is 0. The van der Waals surface area contributed by atoms with Crippen LogP contribution in [0.15, 0.2) is 54.6 Å². The van der Waals surface area contributed by atoms with Gasteiger partial charge in [0.05, 0.1) is 5.56 Å². The second-order valence-corrected chi connectivity index (χ2v) is 7.91. The van der Waals surface area contributed by atoms with Crippen molar-refractivity contribution in [2.24, 2.45) is 5.92 Å². The third-order valence-corrected chi connectivity index (χ3v) is 5.49. The zero-order chi connectivity index (χ0) is 23.2. The fourth-order valence-electron chi connectivity index (χ4n) is 3.67. The predicted molar refractivity (Wildman–Crippen MR) is 110 cm³/mol. The number of ether oxygens (including phenoxy) is 1. The van der Waals surface area contributed by atoms with Crippen LogP contribution >= 0.6 is 11.6 Å². The van der Waals surface area contributed by atoms with Gasteiger partial charge in [0.25, 0.3) is 0 Å². The maximum Gasteiger partial charge on any atom is 0.416 e. The first-order chi connectivity index (χ1) is 15.0. The highest BCUT2D eigenvalue weighted by Crippen LogP contribution is 2.54. The number of rotatable bonds is 5. The lowest BCUT2D eigenvalue weighted by atomic mass is 9.97. The normalized spacial score (nSPS) is 17.8. The number of aromatic hydroxyl groups is 3. The van der Waals surface area contributed by atoms with Gasteiger partial charge in [0.15, 0.2) is 5.78 Å². The van der Waals surface area contributed by atoms with Gasteiger partial charge in [0.1, 0.15) is 34.3 Å². The molecule has 0 amide bonds. The van der Waals surface area contributed by atoms with E-state index in [1.54, 1.807) is 12.1 Å². The molecule has 166 valence electrons. The second kappa shape index (κ2) is 7.94. The van der Waals surface area contributed by atoms with Crippen molar-refractivity contribution in [3.05, 3.63) is 76.3 Å². The van der Waals surface area contributed by atoms with Crippen molar-refractivity contribution < 1.29 is 38.0 Å². The standard InChI is InChI=1S/C23H16ClF3O5/c24-11-1-3-13(4-2-11)32-14-5-6-15(18(9-14)23(25,26)27)16-10-17(16)22(31)21-19(29)7-12(28)8-20(21)30/h1-9,16-17,28-30H,10H2. The van der Waals surface area contributed by atoms with Crippen LogP contribution in [0.5, 0.6) is 28.7 Å². The molecule has 2 atom stereocenters. The zero-order valence-corrected chi connectivity index (χ0v) is 17.0. The maximum absolute atomic E-state index is 13.8. The molecule has 9 heteroatoms. The molecular formula is C23H16ClF3O5. The molecule has 3 N–H and O–H groups in total. The van der Waals surface area contributed by atoms with Crippen molar-refractivity contribution in [3.63, 3.8) is 0 Å². The largest absolute Gasteiger partial charge is 0.508 e. The van der Waals surface area contributed by atoms with E-state index < -0.39 is 52.2 Å². The second-order valence-electron chi connectivity index (χ2n) is 7.47. The number of Topliss-reactive ketones (excluding diaryl/α,β-unsaturated/α-hetero) is 1. The highest BCUT2D eigenvalue weighted by atomic mass is 35.5. The van der Waals surface area contributed by atoms with E-state index in [0.717, 1.165) is 18.2 Å². The van der Waals surface area contributed by atoms with Crippen LogP contribution < -0.4 is 4.74 Å². The summed E-state index contributed by atoms with van der Waals surface area (Å²) in [5.74, 6) is -3.72. The van der Waals surface area contributed by atoms with Crippen LogP contribution in [0.25, 0.3) is 0 Å². The van der Waals surface area contributed by atoms with E-state index in [0.29, 0.717) is 10.8 Å². The smallest absolute Gasteiger partial charge is 0.416 e. The van der Waals surface area contributed by atoms with Crippen LogP contribution in [-0.4, -0.2) is 21.1 Å². The van der Waals surface area contributed by atoms with Crippen molar-refractivity contribution in [3.8, 4) is 28.7 Å². The number of hydrogen-bond donors (Lipinski definition) is 3. The molecule has 1 aliphatic carbocycles. The molecular weight excluding hydrogens is 449 g/mol. The van der Waals surface area contributed by atoms with Crippen molar-refractivity contribution in [2.75, 3.05) is 0 Å². The van der Waals surface area contributed by atoms with E-state index in [2.05, 4.69) is 0 Å². The van der Waals surface area contributed by atoms with Gasteiger partial charge in [-0.1, -0.05) is 17.7 Å². The monoisotopic (exact) mass is 464 g/mol. The van der Waals surface area contributed by atoms with Crippen LogP contribution in [0.3, 0.4) is 0 Å². The summed E-state index contributed by atoms with van der Waals surface area (Å²) in [6, 6.07) is 11.4. The molecule has 4 rings (SSSR count). The highest BCUT2D eigenvalue weighted by Gasteiger charge is 2.49. The Bertz CT molecular complexity index is 1170. The Morgan fingerprint density at radius 2 is 1.53 bits per heavy atom. The van der Waals surface area contributed by atoms with E-state index in [9.17, 15) is 33.3 Å². The molecule has 0 spiro atoms. The topological polar surface area (TPSA) is 87.0 Å². The molecule has 0 bridgehead atoms. The van der Waals surface area contributed by atoms with Crippen LogP contribution in [0.2, 0.25) is 5.02 Å². The number of hydrogen-bond acceptors (Lipinski definition) is 5. The average Bonchev–Trinajstić information content (AvgIpc) is 3.49. The minimum atomic E-state index is -4.69. The van der Waals surface area contributed by atoms with Gasteiger partial charge in [0, 0.05) is 23.1 Å². The molecule has 2 unspecified atom stereocenters. The Labute approximate surface area is 185 Å². The number of carbonyl (C=O) groups is 1. The first-order valence-corrected chi connectivity index (χ1v) is 9.86. The lowest BCUT2D eigenvalue weighted by Crippen LogP contribution is -2.11. The van der Waals surface area contributed by atoms with Gasteiger partial charge >= 0.3 is 6.18 Å². The first-order valence-electron chi connectivity index (χ1n) is 9.48. The van der Waals surface area contributed by atoms with Crippen molar-refractivity contribution in [1.82, 2.24) is 0 Å². The van der Waals surface area contributed by atoms with Gasteiger partial charge in [-0.15, -0.1) is 0 Å². The summed E-state index contributed by atoms with van der Waals surface area (Å²) >= 11 is 5.80. The average molecular weight is 465 g/mol. The minimum Gasteiger partial charge on any atom is -0.508 e. The van der Waals surface area contributed by atoms with Gasteiger partial charge in [-0.2, -0.15) is 13.2 Å². The number of halogens is 4. The predicted octanol–water partition coefficient (Wildman–Crippen LogP) is 6.25. The molecule has 0 saturated heterocycles. The fraction of sp³-hybridized carbons (Fsp3) is 0.174. The number of carbonyl (C=O) groups excluding carboxylic acids is 1. The lowest BCUT2D eigenvalue weighted by molar-refractivity contribution is -0.138. The third kappa shape index (κ3) is 4.31. The molecule has 1 fully saturated rings. The van der Waals surface area contributed by atoms with Gasteiger partial charge in [-0.05, 0) is 54.3 Å². The maximum atomic E-state index is 13.8. The first kappa shape index (κ1) is 21.8. The Morgan fingerprint density at radius 3 is 2.12 bits per heavy atom. The summed E-state index contributed by atoms with van der Waals surface area (Å²) in [5, 5.41) is 29.7. The van der Waals surface area contributed by atoms with Gasteiger partial charge in [-0.3, -0.25) is 4.79 Å². The highest BCUT2D eigenvalue weighted by molar-refractivity contribution is 6.30. The Kier molecular flexibility index (Phi) is 5.42. The fourth-order valence-corrected chi connectivity index (χ4v) is 3.80. The zero-order valence-electron chi connectivity index (χ0n) is 16.2. The Hall–Kier alpha value is -3.39. The molecule has 0 heterocycles. The summed E-state index contributed by atoms with van der Waals surface area (Å²) in [7, 11) is 0. The van der Waals surface area contributed by atoms with Gasteiger partial charge in [0.2, 0.25) is 0 Å². The van der Waals surface area contributed by atoms with Crippen LogP contribution in [0, 0.1) is 5.92 Å². The Morgan fingerprint density at radius 1 is 0.938 bits per heavy atom. The van der Waals surface area contributed by atoms with E-state index in [4.69, 9.17) is 16.3 Å². The summed E-state index contributed by atoms with van der Waals surface area (Å²) in [4.78, 5) is 12.7. The van der Waals surface area contributed by atoms with Crippen LogP contribution in [-0.2, 0) is 6.18 Å². The van der Waals surface area contributed by atoms with Crippen molar-refractivity contribution >= 4 is 17.4 Å². The van der Waals surface area contributed by atoms with Gasteiger partial charge in [-0.25, -0.2) is 0 Å². The van der Waals surface area contributed by atoms with E-state index in [1.165, 1.54) is 24.3 Å². The SMILES string of the molecule is O=C(c1c(O)cc(O)cc1O)C1CC1c1ccc(Oc2ccc(Cl)cc2)cc1C(F)(F)F. The minimum absolute atomic E-state index is 0.0271. The molecule has 1 aliphatic rings. The van der Waals surface area contributed by atoms with Crippen molar-refractivity contribution in [2.45, 2.75) is 18.5 Å². The molecule has 0 radical (unpaired) electrons. The van der Waals surface area contributed by atoms with Crippen LogP contribution in [0.4, 0.5) is 13.2 Å². The Balaban J connectivity index is 1.61. The number of alkyl halides is 3. The molecule has 3 aromatic rings. The lowest BCUT2D eigenvalue weighted by Gasteiger charge is -2.15. The quantitative estimate of drug-likeness (QED) is 0.388. The van der Waals surface area contributed by atoms with Gasteiger partial charge < -0.3 is 20.1 Å². The molecule has 5 nitrogen and oxygen atoms in total. The van der Waals surface area contributed by atoms with Crippen molar-refractivity contribution in [1.29, 1.82) is 0 Å². The van der Waals surface area contributed by atoms with E-state index in [1.807, 2.05) is 0 Å². The molecule has 32 heavy (non-hydrogen) atoms. The van der Waals surface area contributed by atoms with E-state index in [-0.39, 0.29) is 17.7 Å². The molecule has 0 aromatic heterocycles. The molecule has 3 aromatic carbocycles. The van der Waals surface area contributed by atoms with E-state index >= 15 is 0 Å². The van der Waals surface area contributed by atoms with Crippen LogP contribution in [0.1, 0.15) is 33.8 Å². The summed E-state index contributed by atoms with van der Waals surface area (Å²) in [6.07, 6.45) is -4.56. The molecule has 0 aliphatic heterocycles. The number of phenolic OH excluding ortho intramolecular Hbond substituents is 3. The number of benzene rings is 3. The number of phenols is 3. The number of ketones is 1. The molecule has 1 saturated carbocycles. The summed E-state index contributed by atoms with van der Waals surface area (Å²) < 4.78 is 46.8. The third-order valence-electron chi connectivity index (χ3n) is 5.23.